The first kappa shape index (κ1) is 12.8. The van der Waals surface area contributed by atoms with Gasteiger partial charge in [0.05, 0.1) is 12.8 Å². The molecule has 0 radical (unpaired) electrons. The van der Waals surface area contributed by atoms with Crippen molar-refractivity contribution in [3.63, 3.8) is 0 Å². The van der Waals surface area contributed by atoms with Gasteiger partial charge in [0.15, 0.2) is 0 Å². The van der Waals surface area contributed by atoms with Gasteiger partial charge in [0, 0.05) is 16.5 Å². The molecule has 0 aliphatic carbocycles. The molecule has 0 N–H and O–H groups in total. The van der Waals surface area contributed by atoms with E-state index < -0.39 is 0 Å². The van der Waals surface area contributed by atoms with E-state index in [0.29, 0.717) is 0 Å². The van der Waals surface area contributed by atoms with Crippen LogP contribution in [0, 0.1) is 5.82 Å². The van der Waals surface area contributed by atoms with E-state index in [9.17, 15) is 4.39 Å². The van der Waals surface area contributed by atoms with Crippen molar-refractivity contribution in [2.24, 2.45) is 0 Å². The van der Waals surface area contributed by atoms with Gasteiger partial charge in [-0.3, -0.25) is 0 Å². The van der Waals surface area contributed by atoms with Crippen molar-refractivity contribution < 1.29 is 9.13 Å². The minimum absolute atomic E-state index is 0.247. The summed E-state index contributed by atoms with van der Waals surface area (Å²) < 4.78 is 18.4. The second-order valence-electron chi connectivity index (χ2n) is 4.28. The van der Waals surface area contributed by atoms with Gasteiger partial charge in [-0.15, -0.1) is 11.3 Å². The topological polar surface area (TPSA) is 22.1 Å². The van der Waals surface area contributed by atoms with Crippen molar-refractivity contribution in [1.82, 2.24) is 4.98 Å². The first-order valence-corrected chi connectivity index (χ1v) is 7.00. The molecule has 0 saturated heterocycles. The zero-order valence-corrected chi connectivity index (χ0v) is 11.7. The minimum Gasteiger partial charge on any atom is -0.497 e. The van der Waals surface area contributed by atoms with Gasteiger partial charge >= 0.3 is 0 Å². The van der Waals surface area contributed by atoms with Gasteiger partial charge in [0.25, 0.3) is 0 Å². The van der Waals surface area contributed by atoms with Gasteiger partial charge in [-0.1, -0.05) is 12.1 Å². The largest absolute Gasteiger partial charge is 0.497 e. The van der Waals surface area contributed by atoms with Gasteiger partial charge < -0.3 is 4.74 Å². The van der Waals surface area contributed by atoms with E-state index in [1.165, 1.54) is 23.5 Å². The monoisotopic (exact) mass is 285 g/mol. The highest BCUT2D eigenvalue weighted by molar-refractivity contribution is 7.13. The average Bonchev–Trinajstić information content (AvgIpc) is 2.97. The van der Waals surface area contributed by atoms with E-state index >= 15 is 0 Å². The molecular weight excluding hydrogens is 273 g/mol. The molecule has 1 heterocycles. The third kappa shape index (κ3) is 2.56. The van der Waals surface area contributed by atoms with Crippen LogP contribution in [0.3, 0.4) is 0 Å². The van der Waals surface area contributed by atoms with E-state index in [1.807, 2.05) is 35.7 Å². The number of methoxy groups -OCH3 is 1. The molecule has 0 bridgehead atoms. The predicted octanol–water partition coefficient (Wildman–Crippen LogP) is 4.62. The molecule has 0 aliphatic heterocycles. The third-order valence-corrected chi connectivity index (χ3v) is 3.85. The molecule has 0 fully saturated rings. The fourth-order valence-corrected chi connectivity index (χ4v) is 2.75. The summed E-state index contributed by atoms with van der Waals surface area (Å²) in [6.45, 7) is 0. The number of thiazole rings is 1. The number of hydrogen-bond acceptors (Lipinski definition) is 3. The summed E-state index contributed by atoms with van der Waals surface area (Å²) in [6, 6.07) is 14.2. The second-order valence-corrected chi connectivity index (χ2v) is 5.13. The van der Waals surface area contributed by atoms with E-state index in [4.69, 9.17) is 4.74 Å². The highest BCUT2D eigenvalue weighted by atomic mass is 32.1. The quantitative estimate of drug-likeness (QED) is 0.700. The molecule has 2 aromatic carbocycles. The lowest BCUT2D eigenvalue weighted by atomic mass is 10.1. The van der Waals surface area contributed by atoms with E-state index in [0.717, 1.165) is 27.6 Å². The molecule has 3 aromatic rings. The number of rotatable bonds is 3. The van der Waals surface area contributed by atoms with Gasteiger partial charge in [-0.25, -0.2) is 9.37 Å². The van der Waals surface area contributed by atoms with E-state index in [-0.39, 0.29) is 5.82 Å². The van der Waals surface area contributed by atoms with Crippen LogP contribution in [0.4, 0.5) is 4.39 Å². The maximum atomic E-state index is 13.2. The minimum atomic E-state index is -0.247. The Balaban J connectivity index is 1.93. The molecule has 0 atom stereocenters. The van der Waals surface area contributed by atoms with Crippen LogP contribution in [0.25, 0.3) is 21.8 Å². The summed E-state index contributed by atoms with van der Waals surface area (Å²) in [6.07, 6.45) is 0. The van der Waals surface area contributed by atoms with Crippen LogP contribution in [0.2, 0.25) is 0 Å². The number of benzene rings is 2. The fraction of sp³-hybridized carbons (Fsp3) is 0.0625. The zero-order chi connectivity index (χ0) is 13.9. The number of aromatic nitrogens is 1. The smallest absolute Gasteiger partial charge is 0.124 e. The van der Waals surface area contributed by atoms with Gasteiger partial charge in [0.2, 0.25) is 0 Å². The van der Waals surface area contributed by atoms with Crippen molar-refractivity contribution >= 4 is 11.3 Å². The molecule has 0 unspecified atom stereocenters. The molecule has 4 heteroatoms. The zero-order valence-electron chi connectivity index (χ0n) is 10.8. The Labute approximate surface area is 120 Å². The third-order valence-electron chi connectivity index (χ3n) is 2.96. The summed E-state index contributed by atoms with van der Waals surface area (Å²) in [5.41, 5.74) is 2.70. The van der Waals surface area contributed by atoms with Crippen LogP contribution in [-0.2, 0) is 0 Å². The number of nitrogens with zero attached hydrogens (tertiary/aromatic N) is 1. The standard InChI is InChI=1S/C16H12FNOS/c1-19-14-7-5-11(6-8-14)15-10-20-16(18-15)12-3-2-4-13(17)9-12/h2-10H,1H3. The van der Waals surface area contributed by atoms with Crippen molar-refractivity contribution in [1.29, 1.82) is 0 Å². The van der Waals surface area contributed by atoms with Crippen LogP contribution in [0.1, 0.15) is 0 Å². The maximum absolute atomic E-state index is 13.2. The van der Waals surface area contributed by atoms with Crippen LogP contribution in [0.15, 0.2) is 53.9 Å². The summed E-state index contributed by atoms with van der Waals surface area (Å²) >= 11 is 1.51. The fourth-order valence-electron chi connectivity index (χ4n) is 1.92. The van der Waals surface area contributed by atoms with Crippen LogP contribution >= 0.6 is 11.3 Å². The molecular formula is C16H12FNOS. The average molecular weight is 285 g/mol. The summed E-state index contributed by atoms with van der Waals surface area (Å²) in [7, 11) is 1.64. The van der Waals surface area contributed by atoms with Crippen LogP contribution < -0.4 is 4.74 Å². The molecule has 2 nitrogen and oxygen atoms in total. The molecule has 3 rings (SSSR count). The molecule has 0 aliphatic rings. The normalized spacial score (nSPS) is 10.5. The Hall–Kier alpha value is -2.20. The van der Waals surface area contributed by atoms with Crippen molar-refractivity contribution in [2.75, 3.05) is 7.11 Å². The number of halogens is 1. The first-order chi connectivity index (χ1) is 9.76. The van der Waals surface area contributed by atoms with Gasteiger partial charge in [-0.05, 0) is 36.4 Å². The molecule has 100 valence electrons. The van der Waals surface area contributed by atoms with Gasteiger partial charge in [0.1, 0.15) is 16.6 Å². The SMILES string of the molecule is COc1ccc(-c2csc(-c3cccc(F)c3)n2)cc1. The lowest BCUT2D eigenvalue weighted by Crippen LogP contribution is -1.83. The summed E-state index contributed by atoms with van der Waals surface area (Å²) in [5.74, 6) is 0.568. The van der Waals surface area contributed by atoms with Crippen LogP contribution in [-0.4, -0.2) is 12.1 Å². The molecule has 1 aromatic heterocycles. The van der Waals surface area contributed by atoms with Crippen molar-refractivity contribution in [3.8, 4) is 27.6 Å². The van der Waals surface area contributed by atoms with E-state index in [2.05, 4.69) is 4.98 Å². The van der Waals surface area contributed by atoms with Crippen molar-refractivity contribution in [3.05, 3.63) is 59.7 Å². The molecule has 0 spiro atoms. The number of hydrogen-bond donors (Lipinski definition) is 0. The first-order valence-electron chi connectivity index (χ1n) is 6.12. The van der Waals surface area contributed by atoms with Gasteiger partial charge in [-0.2, -0.15) is 0 Å². The lowest BCUT2D eigenvalue weighted by Gasteiger charge is -2.00. The maximum Gasteiger partial charge on any atom is 0.124 e. The lowest BCUT2D eigenvalue weighted by molar-refractivity contribution is 0.415. The predicted molar refractivity (Wildman–Crippen MR) is 79.5 cm³/mol. The Morgan fingerprint density at radius 3 is 2.55 bits per heavy atom. The summed E-state index contributed by atoms with van der Waals surface area (Å²) in [4.78, 5) is 4.56. The van der Waals surface area contributed by atoms with Crippen molar-refractivity contribution in [2.45, 2.75) is 0 Å². The number of ether oxygens (including phenoxy) is 1. The molecule has 20 heavy (non-hydrogen) atoms. The highest BCUT2D eigenvalue weighted by Gasteiger charge is 2.07. The second kappa shape index (κ2) is 5.43. The molecule has 0 amide bonds. The highest BCUT2D eigenvalue weighted by Crippen LogP contribution is 2.29. The Morgan fingerprint density at radius 2 is 1.85 bits per heavy atom. The molecule has 0 saturated carbocycles. The Morgan fingerprint density at radius 1 is 1.05 bits per heavy atom. The van der Waals surface area contributed by atoms with Crippen LogP contribution in [0.5, 0.6) is 5.75 Å². The Bertz CT molecular complexity index is 721. The summed E-state index contributed by atoms with van der Waals surface area (Å²) in [5, 5.41) is 2.79. The van der Waals surface area contributed by atoms with E-state index in [1.54, 1.807) is 13.2 Å². The Kier molecular flexibility index (Phi) is 3.48.